The average molecular weight is 575 g/mol. The van der Waals surface area contributed by atoms with Gasteiger partial charge in [0.05, 0.1) is 18.3 Å². The largest absolute Gasteiger partial charge is 0.463 e. The Morgan fingerprint density at radius 1 is 0.974 bits per heavy atom. The minimum Gasteiger partial charge on any atom is -0.463 e. The maximum Gasteiger partial charge on any atom is 0.272 e. The smallest absolute Gasteiger partial charge is 0.272 e. The fourth-order valence-corrected chi connectivity index (χ4v) is 6.61. The molecular weight excluding hydrogens is 542 g/mol. The van der Waals surface area contributed by atoms with Crippen LogP contribution >= 0.6 is 15.9 Å². The highest BCUT2D eigenvalue weighted by Crippen LogP contribution is 2.41. The number of nitrogens with zero attached hydrogens (tertiary/aromatic N) is 2. The number of furan rings is 1. The Hall–Kier alpha value is -3.32. The van der Waals surface area contributed by atoms with E-state index in [-0.39, 0.29) is 17.9 Å². The number of carbonyl (C=O) groups is 2. The zero-order chi connectivity index (χ0) is 26.1. The predicted octanol–water partition coefficient (Wildman–Crippen LogP) is 6.78. The third-order valence-electron chi connectivity index (χ3n) is 8.13. The highest BCUT2D eigenvalue weighted by molar-refractivity contribution is 9.10. The van der Waals surface area contributed by atoms with Gasteiger partial charge in [0.25, 0.3) is 11.8 Å². The first-order valence-electron chi connectivity index (χ1n) is 13.6. The molecule has 196 valence electrons. The zero-order valence-corrected chi connectivity index (χ0v) is 23.0. The summed E-state index contributed by atoms with van der Waals surface area (Å²) in [5.41, 5.74) is 2.56. The van der Waals surface area contributed by atoms with E-state index in [1.54, 1.807) is 17.2 Å². The second-order valence-corrected chi connectivity index (χ2v) is 11.5. The van der Waals surface area contributed by atoms with Crippen molar-refractivity contribution in [2.45, 2.75) is 69.6 Å². The number of amides is 2. The van der Waals surface area contributed by atoms with Crippen LogP contribution in [0.4, 0.5) is 0 Å². The second kappa shape index (κ2) is 10.4. The van der Waals surface area contributed by atoms with Crippen LogP contribution in [0.5, 0.6) is 0 Å². The number of hydrogen-bond donors (Lipinski definition) is 1. The number of fused-ring (bicyclic) bond motifs is 3. The van der Waals surface area contributed by atoms with Gasteiger partial charge in [-0.2, -0.15) is 0 Å². The number of benzene rings is 2. The topological polar surface area (TPSA) is 67.5 Å². The monoisotopic (exact) mass is 573 g/mol. The molecule has 6 nitrogen and oxygen atoms in total. The van der Waals surface area contributed by atoms with Crippen molar-refractivity contribution in [1.82, 2.24) is 14.8 Å². The Morgan fingerprint density at radius 3 is 2.50 bits per heavy atom. The van der Waals surface area contributed by atoms with Crippen molar-refractivity contribution in [3.63, 3.8) is 0 Å². The first-order chi connectivity index (χ1) is 18.6. The Morgan fingerprint density at radius 2 is 1.74 bits per heavy atom. The molecule has 1 N–H and O–H groups in total. The fourth-order valence-electron chi connectivity index (χ4n) is 6.17. The molecule has 0 bridgehead atoms. The molecule has 0 radical (unpaired) electrons. The van der Waals surface area contributed by atoms with Gasteiger partial charge in [0.1, 0.15) is 5.69 Å². The van der Waals surface area contributed by atoms with Crippen LogP contribution in [0.25, 0.3) is 11.1 Å². The molecule has 0 spiro atoms. The van der Waals surface area contributed by atoms with Gasteiger partial charge >= 0.3 is 0 Å². The van der Waals surface area contributed by atoms with E-state index in [1.165, 1.54) is 19.3 Å². The van der Waals surface area contributed by atoms with Crippen molar-refractivity contribution >= 4 is 38.8 Å². The standard InChI is InChI=1S/C31H32BrN3O3/c32-24-13-9-10-22(18-24)20-35-29(36)27-19-28-26(16-17-38-28)34(27)21-31(35,23-11-5-4-6-12-23)30(37)33-25-14-7-2-1-3-8-15-25/h4-6,9-13,16-19,25H,1-3,7-8,14-15,20-21H2,(H,33,37)/t31-/m0/s1. The number of hydrogen-bond acceptors (Lipinski definition) is 3. The van der Waals surface area contributed by atoms with Crippen LogP contribution in [-0.2, 0) is 23.4 Å². The maximum atomic E-state index is 14.7. The average Bonchev–Trinajstić information content (AvgIpc) is 3.50. The van der Waals surface area contributed by atoms with Crippen LogP contribution < -0.4 is 5.32 Å². The van der Waals surface area contributed by atoms with Crippen molar-refractivity contribution in [3.8, 4) is 0 Å². The second-order valence-electron chi connectivity index (χ2n) is 10.5. The van der Waals surface area contributed by atoms with E-state index in [0.29, 0.717) is 24.4 Å². The van der Waals surface area contributed by atoms with E-state index in [0.717, 1.165) is 46.8 Å². The molecule has 2 aromatic heterocycles. The summed E-state index contributed by atoms with van der Waals surface area (Å²) in [5.74, 6) is -0.298. The molecule has 1 fully saturated rings. The van der Waals surface area contributed by atoms with Crippen LogP contribution in [-0.4, -0.2) is 27.3 Å². The minimum atomic E-state index is -1.22. The summed E-state index contributed by atoms with van der Waals surface area (Å²) < 4.78 is 8.57. The van der Waals surface area contributed by atoms with Crippen LogP contribution in [0.2, 0.25) is 0 Å². The minimum absolute atomic E-state index is 0.103. The molecule has 1 saturated carbocycles. The summed E-state index contributed by atoms with van der Waals surface area (Å²) in [4.78, 5) is 30.8. The third kappa shape index (κ3) is 4.47. The molecule has 2 aliphatic rings. The van der Waals surface area contributed by atoms with Gasteiger partial charge in [0.15, 0.2) is 11.1 Å². The summed E-state index contributed by atoms with van der Waals surface area (Å²) >= 11 is 3.57. The van der Waals surface area contributed by atoms with E-state index >= 15 is 0 Å². The van der Waals surface area contributed by atoms with Gasteiger partial charge in [0.2, 0.25) is 0 Å². The lowest BCUT2D eigenvalue weighted by Gasteiger charge is -2.47. The summed E-state index contributed by atoms with van der Waals surface area (Å²) in [6, 6.07) is 21.5. The quantitative estimate of drug-likeness (QED) is 0.286. The van der Waals surface area contributed by atoms with E-state index in [9.17, 15) is 9.59 Å². The molecule has 2 aromatic carbocycles. The molecule has 3 heterocycles. The molecule has 1 aliphatic heterocycles. The summed E-state index contributed by atoms with van der Waals surface area (Å²) in [7, 11) is 0. The maximum absolute atomic E-state index is 14.7. The molecule has 0 unspecified atom stereocenters. The third-order valence-corrected chi connectivity index (χ3v) is 8.63. The zero-order valence-electron chi connectivity index (χ0n) is 21.4. The lowest BCUT2D eigenvalue weighted by molar-refractivity contribution is -0.136. The van der Waals surface area contributed by atoms with Crippen molar-refractivity contribution in [2.75, 3.05) is 0 Å². The highest BCUT2D eigenvalue weighted by Gasteiger charge is 2.53. The van der Waals surface area contributed by atoms with Crippen LogP contribution in [0.3, 0.4) is 0 Å². The molecule has 1 aliphatic carbocycles. The highest BCUT2D eigenvalue weighted by atomic mass is 79.9. The number of carbonyl (C=O) groups excluding carboxylic acids is 2. The number of aromatic nitrogens is 1. The van der Waals surface area contributed by atoms with Crippen molar-refractivity contribution in [1.29, 1.82) is 0 Å². The summed E-state index contributed by atoms with van der Waals surface area (Å²) in [6.45, 7) is 0.617. The van der Waals surface area contributed by atoms with E-state index in [4.69, 9.17) is 4.42 Å². The van der Waals surface area contributed by atoms with E-state index in [2.05, 4.69) is 21.2 Å². The molecule has 38 heavy (non-hydrogen) atoms. The van der Waals surface area contributed by atoms with Crippen molar-refractivity contribution in [2.24, 2.45) is 0 Å². The fraction of sp³-hybridized carbons (Fsp3) is 0.355. The van der Waals surface area contributed by atoms with Crippen LogP contribution in [0.15, 0.2) is 81.9 Å². The normalized spacial score (nSPS) is 20.7. The first-order valence-corrected chi connectivity index (χ1v) is 14.4. The van der Waals surface area contributed by atoms with Crippen molar-refractivity contribution in [3.05, 3.63) is 94.3 Å². The van der Waals surface area contributed by atoms with Gasteiger partial charge in [-0.15, -0.1) is 0 Å². The number of rotatable bonds is 5. The van der Waals surface area contributed by atoms with Gasteiger partial charge in [-0.1, -0.05) is 90.5 Å². The number of nitrogens with one attached hydrogen (secondary N) is 1. The lowest BCUT2D eigenvalue weighted by Crippen LogP contribution is -2.64. The van der Waals surface area contributed by atoms with Gasteiger partial charge in [0, 0.05) is 29.2 Å². The Labute approximate surface area is 231 Å². The molecule has 7 heteroatoms. The summed E-state index contributed by atoms with van der Waals surface area (Å²) in [5, 5.41) is 3.43. The lowest BCUT2D eigenvalue weighted by atomic mass is 9.83. The van der Waals surface area contributed by atoms with Gasteiger partial charge in [-0.05, 0) is 36.1 Å². The van der Waals surface area contributed by atoms with Crippen molar-refractivity contribution < 1.29 is 14.0 Å². The Balaban J connectivity index is 1.50. The van der Waals surface area contributed by atoms with Gasteiger partial charge < -0.3 is 19.2 Å². The molecule has 0 saturated heterocycles. The molecule has 1 atom stereocenters. The molecule has 2 amide bonds. The molecule has 6 rings (SSSR count). The Bertz CT molecular complexity index is 1450. The van der Waals surface area contributed by atoms with Crippen LogP contribution in [0.1, 0.15) is 66.6 Å². The first kappa shape index (κ1) is 25.0. The number of halogens is 1. The SMILES string of the molecule is O=C1c2cc3occc3n2C[C@@](C(=O)NC2CCCCCCC2)(c2ccccc2)N1Cc1cccc(Br)c1. The van der Waals surface area contributed by atoms with Gasteiger partial charge in [-0.3, -0.25) is 9.59 Å². The molecular formula is C31H32BrN3O3. The van der Waals surface area contributed by atoms with Crippen LogP contribution in [0, 0.1) is 0 Å². The molecule has 4 aromatic rings. The predicted molar refractivity (Wildman–Crippen MR) is 151 cm³/mol. The van der Waals surface area contributed by atoms with Gasteiger partial charge in [-0.25, -0.2) is 0 Å². The van der Waals surface area contributed by atoms with E-state index < -0.39 is 5.54 Å². The summed E-state index contributed by atoms with van der Waals surface area (Å²) in [6.07, 6.45) is 9.47. The van der Waals surface area contributed by atoms with E-state index in [1.807, 2.05) is 65.2 Å². The Kier molecular flexibility index (Phi) is 6.87.